The molecule has 0 radical (unpaired) electrons. The number of carbonyl (C=O) groups excluding carboxylic acids is 2. The zero-order valence-corrected chi connectivity index (χ0v) is 11.7. The minimum absolute atomic E-state index is 0.0582. The van der Waals surface area contributed by atoms with Crippen molar-refractivity contribution in [2.24, 2.45) is 0 Å². The van der Waals surface area contributed by atoms with Crippen molar-refractivity contribution in [1.29, 1.82) is 0 Å². The van der Waals surface area contributed by atoms with Crippen molar-refractivity contribution in [3.05, 3.63) is 18.2 Å². The summed E-state index contributed by atoms with van der Waals surface area (Å²) in [6.07, 6.45) is 0. The van der Waals surface area contributed by atoms with Gasteiger partial charge in [-0.25, -0.2) is 10.3 Å². The molecule has 0 saturated heterocycles. The molecular formula is C13H17N3O5. The first-order valence-corrected chi connectivity index (χ1v) is 6.32. The molecule has 0 fully saturated rings. The molecule has 1 aromatic rings. The summed E-state index contributed by atoms with van der Waals surface area (Å²) in [5, 5.41) is 14.6. The topological polar surface area (TPSA) is 109 Å². The summed E-state index contributed by atoms with van der Waals surface area (Å²) in [5.74, 6) is 0.181. The molecule has 0 spiro atoms. The van der Waals surface area contributed by atoms with Crippen molar-refractivity contribution in [2.75, 3.05) is 23.8 Å². The van der Waals surface area contributed by atoms with Gasteiger partial charge in [-0.2, -0.15) is 0 Å². The summed E-state index contributed by atoms with van der Waals surface area (Å²) in [6, 6.07) is 4.35. The first-order chi connectivity index (χ1) is 9.85. The predicted molar refractivity (Wildman–Crippen MR) is 75.0 cm³/mol. The summed E-state index contributed by atoms with van der Waals surface area (Å²) in [4.78, 5) is 27.9. The van der Waals surface area contributed by atoms with Gasteiger partial charge in [0, 0.05) is 0 Å². The molecule has 1 aromatic carbocycles. The highest BCUT2D eigenvalue weighted by atomic mass is 16.7. The fraction of sp³-hybridized carbons (Fsp3) is 0.385. The fourth-order valence-corrected chi connectivity index (χ4v) is 1.63. The molecule has 4 N–H and O–H groups in total. The van der Waals surface area contributed by atoms with E-state index in [2.05, 4.69) is 16.1 Å². The van der Waals surface area contributed by atoms with Gasteiger partial charge in [0.15, 0.2) is 6.61 Å². The van der Waals surface area contributed by atoms with E-state index in [0.29, 0.717) is 17.1 Å². The van der Waals surface area contributed by atoms with Crippen molar-refractivity contribution in [1.82, 2.24) is 5.48 Å². The Hall–Kier alpha value is -2.32. The Bertz CT molecular complexity index is 553. The van der Waals surface area contributed by atoms with Crippen molar-refractivity contribution < 1.29 is 24.3 Å². The lowest BCUT2D eigenvalue weighted by molar-refractivity contribution is -0.118. The SMILES string of the molecule is CC(C)(O)CONC(=O)Nc1cccc2c1NC(=O)CO2. The minimum atomic E-state index is -1.05. The van der Waals surface area contributed by atoms with Crippen LogP contribution in [0.25, 0.3) is 0 Å². The highest BCUT2D eigenvalue weighted by Crippen LogP contribution is 2.34. The second-order valence-electron chi connectivity index (χ2n) is 5.17. The Morgan fingerprint density at radius 2 is 2.29 bits per heavy atom. The van der Waals surface area contributed by atoms with E-state index in [4.69, 9.17) is 9.57 Å². The monoisotopic (exact) mass is 295 g/mol. The van der Waals surface area contributed by atoms with Crippen LogP contribution in [0.3, 0.4) is 0 Å². The smallest absolute Gasteiger partial charge is 0.343 e. The van der Waals surface area contributed by atoms with Crippen LogP contribution in [0.4, 0.5) is 16.2 Å². The van der Waals surface area contributed by atoms with E-state index in [-0.39, 0.29) is 19.1 Å². The number of aliphatic hydroxyl groups is 1. The molecule has 1 aliphatic rings. The van der Waals surface area contributed by atoms with Gasteiger partial charge in [-0.15, -0.1) is 0 Å². The zero-order chi connectivity index (χ0) is 15.5. The third-order valence-electron chi connectivity index (χ3n) is 2.49. The number of hydrogen-bond acceptors (Lipinski definition) is 5. The maximum Gasteiger partial charge on any atom is 0.343 e. The van der Waals surface area contributed by atoms with Crippen LogP contribution in [0.1, 0.15) is 13.8 Å². The highest BCUT2D eigenvalue weighted by Gasteiger charge is 2.20. The molecule has 1 aliphatic heterocycles. The summed E-state index contributed by atoms with van der Waals surface area (Å²) < 4.78 is 5.24. The minimum Gasteiger partial charge on any atom is -0.481 e. The van der Waals surface area contributed by atoms with Crippen LogP contribution >= 0.6 is 0 Å². The Balaban J connectivity index is 1.97. The third-order valence-corrected chi connectivity index (χ3v) is 2.49. The maximum atomic E-state index is 11.7. The van der Waals surface area contributed by atoms with Gasteiger partial charge in [-0.1, -0.05) is 6.07 Å². The number of urea groups is 1. The fourth-order valence-electron chi connectivity index (χ4n) is 1.63. The number of benzene rings is 1. The predicted octanol–water partition coefficient (Wildman–Crippen LogP) is 0.841. The number of nitrogens with one attached hydrogen (secondary N) is 3. The number of ether oxygens (including phenoxy) is 1. The molecule has 0 bridgehead atoms. The first kappa shape index (κ1) is 15.1. The molecule has 1 heterocycles. The average molecular weight is 295 g/mol. The molecular weight excluding hydrogens is 278 g/mol. The van der Waals surface area contributed by atoms with E-state index in [1.165, 1.54) is 0 Å². The van der Waals surface area contributed by atoms with Crippen LogP contribution in [-0.4, -0.2) is 35.9 Å². The Morgan fingerprint density at radius 1 is 1.52 bits per heavy atom. The zero-order valence-electron chi connectivity index (χ0n) is 11.7. The van der Waals surface area contributed by atoms with E-state index >= 15 is 0 Å². The molecule has 2 rings (SSSR count). The number of rotatable bonds is 4. The van der Waals surface area contributed by atoms with Gasteiger partial charge < -0.3 is 20.5 Å². The second-order valence-corrected chi connectivity index (χ2v) is 5.17. The molecule has 0 saturated carbocycles. The van der Waals surface area contributed by atoms with Crippen molar-refractivity contribution in [2.45, 2.75) is 19.4 Å². The van der Waals surface area contributed by atoms with Crippen LogP contribution in [0.15, 0.2) is 18.2 Å². The van der Waals surface area contributed by atoms with Gasteiger partial charge >= 0.3 is 6.03 Å². The van der Waals surface area contributed by atoms with Gasteiger partial charge in [-0.05, 0) is 26.0 Å². The van der Waals surface area contributed by atoms with Gasteiger partial charge in [0.1, 0.15) is 18.0 Å². The van der Waals surface area contributed by atoms with Crippen LogP contribution < -0.4 is 20.9 Å². The van der Waals surface area contributed by atoms with Crippen molar-refractivity contribution in [3.63, 3.8) is 0 Å². The Kier molecular flexibility index (Phi) is 4.29. The number of hydroxylamine groups is 1. The molecule has 0 aromatic heterocycles. The van der Waals surface area contributed by atoms with Gasteiger partial charge in [-0.3, -0.25) is 9.63 Å². The quantitative estimate of drug-likeness (QED) is 0.615. The molecule has 0 aliphatic carbocycles. The number of amides is 3. The molecule has 0 unspecified atom stereocenters. The van der Waals surface area contributed by atoms with E-state index in [9.17, 15) is 14.7 Å². The number of para-hydroxylation sites is 1. The van der Waals surface area contributed by atoms with Crippen LogP contribution in [-0.2, 0) is 9.63 Å². The standard InChI is InChI=1S/C13H17N3O5/c1-13(2,19)7-21-16-12(18)14-8-4-3-5-9-11(8)15-10(17)6-20-9/h3-5,19H,6-7H2,1-2H3,(H,15,17)(H2,14,16,18). The first-order valence-electron chi connectivity index (χ1n) is 6.32. The summed E-state index contributed by atoms with van der Waals surface area (Å²) in [7, 11) is 0. The van der Waals surface area contributed by atoms with E-state index < -0.39 is 11.6 Å². The van der Waals surface area contributed by atoms with Gasteiger partial charge in [0.2, 0.25) is 0 Å². The Morgan fingerprint density at radius 3 is 3.00 bits per heavy atom. The maximum absolute atomic E-state index is 11.7. The largest absolute Gasteiger partial charge is 0.481 e. The lowest BCUT2D eigenvalue weighted by Gasteiger charge is -2.21. The number of hydrogen-bond donors (Lipinski definition) is 4. The number of fused-ring (bicyclic) bond motifs is 1. The molecule has 8 heteroatoms. The molecule has 3 amide bonds. The number of carbonyl (C=O) groups is 2. The third kappa shape index (κ3) is 4.33. The molecule has 0 atom stereocenters. The van der Waals surface area contributed by atoms with Crippen molar-refractivity contribution >= 4 is 23.3 Å². The second kappa shape index (κ2) is 5.98. The molecule has 8 nitrogen and oxygen atoms in total. The van der Waals surface area contributed by atoms with E-state index in [0.717, 1.165) is 0 Å². The summed E-state index contributed by atoms with van der Waals surface area (Å²) >= 11 is 0. The van der Waals surface area contributed by atoms with E-state index in [1.54, 1.807) is 32.0 Å². The summed E-state index contributed by atoms with van der Waals surface area (Å²) in [5.41, 5.74) is 1.86. The molecule has 21 heavy (non-hydrogen) atoms. The highest BCUT2D eigenvalue weighted by molar-refractivity contribution is 6.02. The van der Waals surface area contributed by atoms with Gasteiger partial charge in [0.05, 0.1) is 11.3 Å². The number of anilines is 2. The molecule has 114 valence electrons. The summed E-state index contributed by atoms with van der Waals surface area (Å²) in [6.45, 7) is 2.98. The van der Waals surface area contributed by atoms with E-state index in [1.807, 2.05) is 0 Å². The normalized spacial score (nSPS) is 13.8. The van der Waals surface area contributed by atoms with Gasteiger partial charge in [0.25, 0.3) is 5.91 Å². The van der Waals surface area contributed by atoms with Crippen LogP contribution in [0.5, 0.6) is 5.75 Å². The van der Waals surface area contributed by atoms with Crippen molar-refractivity contribution in [3.8, 4) is 5.75 Å². The Labute approximate surface area is 121 Å². The van der Waals surface area contributed by atoms with Crippen LogP contribution in [0.2, 0.25) is 0 Å². The average Bonchev–Trinajstić information content (AvgIpc) is 2.38. The lowest BCUT2D eigenvalue weighted by Crippen LogP contribution is -2.36. The van der Waals surface area contributed by atoms with Crippen LogP contribution in [0, 0.1) is 0 Å². The lowest BCUT2D eigenvalue weighted by atomic mass is 10.2.